The van der Waals surface area contributed by atoms with E-state index in [0.29, 0.717) is 15.8 Å². The van der Waals surface area contributed by atoms with Crippen molar-refractivity contribution >= 4 is 40.9 Å². The molecule has 1 unspecified atom stereocenters. The van der Waals surface area contributed by atoms with Crippen molar-refractivity contribution in [3.05, 3.63) is 94.0 Å². The molecule has 0 aliphatic rings. The Kier molecular flexibility index (Phi) is 6.67. The number of thioether (sulfide) groups is 1. The molecule has 0 aliphatic heterocycles. The molecule has 0 radical (unpaired) electrons. The highest BCUT2D eigenvalue weighted by molar-refractivity contribution is 8.00. The molecule has 0 fully saturated rings. The van der Waals surface area contributed by atoms with E-state index >= 15 is 0 Å². The molecule has 0 aromatic heterocycles. The van der Waals surface area contributed by atoms with Gasteiger partial charge in [0.2, 0.25) is 0 Å². The Hall–Kier alpha value is -2.14. The summed E-state index contributed by atoms with van der Waals surface area (Å²) >= 11 is 13.6. The van der Waals surface area contributed by atoms with Crippen molar-refractivity contribution in [2.24, 2.45) is 0 Å². The molecule has 0 aliphatic carbocycles. The maximum Gasteiger partial charge on any atom is 0.321 e. The lowest BCUT2D eigenvalue weighted by Crippen LogP contribution is -2.07. The molecular weight excluding hydrogens is 403 g/mol. The molecule has 0 saturated carbocycles. The van der Waals surface area contributed by atoms with E-state index in [0.717, 1.165) is 16.0 Å². The second kappa shape index (κ2) is 9.18. The Morgan fingerprint density at radius 2 is 1.56 bits per heavy atom. The predicted molar refractivity (Wildman–Crippen MR) is 110 cm³/mol. The number of rotatable bonds is 7. The van der Waals surface area contributed by atoms with E-state index in [9.17, 15) is 9.90 Å². The molecule has 0 heterocycles. The van der Waals surface area contributed by atoms with Crippen LogP contribution in [0.2, 0.25) is 10.0 Å². The molecule has 1 N–H and O–H groups in total. The monoisotopic (exact) mass is 418 g/mol. The summed E-state index contributed by atoms with van der Waals surface area (Å²) in [6.07, 6.45) is 0. The summed E-state index contributed by atoms with van der Waals surface area (Å²) in [6, 6.07) is 21.8. The van der Waals surface area contributed by atoms with E-state index in [4.69, 9.17) is 27.9 Å². The maximum absolute atomic E-state index is 11.6. The summed E-state index contributed by atoms with van der Waals surface area (Å²) in [4.78, 5) is 12.5. The number of benzene rings is 3. The van der Waals surface area contributed by atoms with Crippen LogP contribution < -0.4 is 4.74 Å². The summed E-state index contributed by atoms with van der Waals surface area (Å²) < 4.78 is 5.75. The Morgan fingerprint density at radius 3 is 2.15 bits per heavy atom. The molecule has 3 aromatic carbocycles. The van der Waals surface area contributed by atoms with Crippen molar-refractivity contribution in [3.8, 4) is 5.75 Å². The third-order valence-corrected chi connectivity index (χ3v) is 5.81. The van der Waals surface area contributed by atoms with Crippen LogP contribution in [0.5, 0.6) is 5.75 Å². The first kappa shape index (κ1) is 19.6. The van der Waals surface area contributed by atoms with Crippen LogP contribution in [0.3, 0.4) is 0 Å². The van der Waals surface area contributed by atoms with Gasteiger partial charge in [-0.3, -0.25) is 4.79 Å². The molecule has 138 valence electrons. The van der Waals surface area contributed by atoms with Crippen molar-refractivity contribution in [1.82, 2.24) is 0 Å². The first-order valence-corrected chi connectivity index (χ1v) is 9.78. The second-order valence-electron chi connectivity index (χ2n) is 5.71. The quantitative estimate of drug-likeness (QED) is 0.445. The zero-order valence-corrected chi connectivity index (χ0v) is 16.5. The lowest BCUT2D eigenvalue weighted by Gasteiger charge is -2.13. The van der Waals surface area contributed by atoms with Crippen LogP contribution in [0.4, 0.5) is 0 Å². The fourth-order valence-corrected chi connectivity index (χ4v) is 3.93. The lowest BCUT2D eigenvalue weighted by atomic mass is 10.1. The van der Waals surface area contributed by atoms with Gasteiger partial charge < -0.3 is 9.84 Å². The van der Waals surface area contributed by atoms with E-state index in [2.05, 4.69) is 0 Å². The van der Waals surface area contributed by atoms with Crippen LogP contribution in [0, 0.1) is 0 Å². The molecule has 1 atom stereocenters. The molecule has 0 amide bonds. The molecule has 0 spiro atoms. The van der Waals surface area contributed by atoms with Gasteiger partial charge in [-0.15, -0.1) is 11.8 Å². The fourth-order valence-electron chi connectivity index (χ4n) is 2.47. The second-order valence-corrected chi connectivity index (χ2v) is 7.70. The van der Waals surface area contributed by atoms with E-state index < -0.39 is 11.2 Å². The largest absolute Gasteiger partial charge is 0.489 e. The Bertz CT molecular complexity index is 894. The number of hydrogen-bond donors (Lipinski definition) is 1. The minimum atomic E-state index is -0.875. The summed E-state index contributed by atoms with van der Waals surface area (Å²) in [5, 5.41) is 9.98. The lowest BCUT2D eigenvalue weighted by molar-refractivity contribution is -0.136. The highest BCUT2D eigenvalue weighted by atomic mass is 35.5. The van der Waals surface area contributed by atoms with E-state index in [1.807, 2.05) is 42.5 Å². The van der Waals surface area contributed by atoms with Crippen LogP contribution in [0.25, 0.3) is 0 Å². The number of carboxylic acid groups (broad SMARTS) is 1. The van der Waals surface area contributed by atoms with Crippen molar-refractivity contribution in [3.63, 3.8) is 0 Å². The molecule has 3 nitrogen and oxygen atoms in total. The molecule has 0 saturated heterocycles. The van der Waals surface area contributed by atoms with Gasteiger partial charge in [-0.25, -0.2) is 0 Å². The van der Waals surface area contributed by atoms with E-state index in [1.54, 1.807) is 30.3 Å². The van der Waals surface area contributed by atoms with Crippen LogP contribution >= 0.6 is 35.0 Å². The summed E-state index contributed by atoms with van der Waals surface area (Å²) in [5.74, 6) is -0.221. The molecule has 3 rings (SSSR count). The maximum atomic E-state index is 11.6. The van der Waals surface area contributed by atoms with Crippen molar-refractivity contribution < 1.29 is 14.6 Å². The number of carboxylic acids is 1. The third kappa shape index (κ3) is 5.19. The van der Waals surface area contributed by atoms with E-state index in [1.165, 1.54) is 11.8 Å². The number of ether oxygens (including phenoxy) is 1. The van der Waals surface area contributed by atoms with Gasteiger partial charge >= 0.3 is 5.97 Å². The number of hydrogen-bond acceptors (Lipinski definition) is 3. The van der Waals surface area contributed by atoms with Gasteiger partial charge in [-0.2, -0.15) is 0 Å². The Balaban J connectivity index is 1.67. The summed E-state index contributed by atoms with van der Waals surface area (Å²) in [6.45, 7) is 0.257. The minimum absolute atomic E-state index is 0.257. The van der Waals surface area contributed by atoms with E-state index in [-0.39, 0.29) is 6.61 Å². The van der Waals surface area contributed by atoms with Gasteiger partial charge in [-0.05, 0) is 42.0 Å². The standard InChI is InChI=1S/C21H16Cl2O3S/c22-18-7-4-8-19(23)17(18)13-26-15-9-11-16(12-10-15)27-20(21(24)25)14-5-2-1-3-6-14/h1-12,20H,13H2,(H,24,25). The number of aliphatic carboxylic acids is 1. The SMILES string of the molecule is O=C(O)C(Sc1ccc(OCc2c(Cl)cccc2Cl)cc1)c1ccccc1. The normalized spacial score (nSPS) is 11.8. The molecule has 0 bridgehead atoms. The van der Waals surface area contributed by atoms with Gasteiger partial charge in [0.05, 0.1) is 0 Å². The van der Waals surface area contributed by atoms with Crippen LogP contribution in [0.15, 0.2) is 77.7 Å². The Morgan fingerprint density at radius 1 is 0.926 bits per heavy atom. The summed E-state index contributed by atoms with van der Waals surface area (Å²) in [7, 11) is 0. The predicted octanol–water partition coefficient (Wildman–Crippen LogP) is 6.49. The topological polar surface area (TPSA) is 46.5 Å². The highest BCUT2D eigenvalue weighted by Gasteiger charge is 2.20. The first-order valence-electron chi connectivity index (χ1n) is 8.15. The van der Waals surface area contributed by atoms with Gasteiger partial charge in [0.1, 0.15) is 17.6 Å². The van der Waals surface area contributed by atoms with Gasteiger partial charge in [0.15, 0.2) is 0 Å². The first-order chi connectivity index (χ1) is 13.0. The Labute approximate surface area is 171 Å². The van der Waals surface area contributed by atoms with Crippen LogP contribution in [0.1, 0.15) is 16.4 Å². The van der Waals surface area contributed by atoms with Crippen molar-refractivity contribution in [1.29, 1.82) is 0 Å². The minimum Gasteiger partial charge on any atom is -0.489 e. The highest BCUT2D eigenvalue weighted by Crippen LogP contribution is 2.36. The third-order valence-electron chi connectivity index (χ3n) is 3.85. The molecule has 6 heteroatoms. The van der Waals surface area contributed by atoms with Crippen molar-refractivity contribution in [2.45, 2.75) is 16.8 Å². The average Bonchev–Trinajstić information content (AvgIpc) is 2.67. The zero-order valence-electron chi connectivity index (χ0n) is 14.1. The molecule has 27 heavy (non-hydrogen) atoms. The van der Waals surface area contributed by atoms with Crippen molar-refractivity contribution in [2.75, 3.05) is 0 Å². The summed E-state index contributed by atoms with van der Waals surface area (Å²) in [5.41, 5.74) is 1.48. The average molecular weight is 419 g/mol. The smallest absolute Gasteiger partial charge is 0.321 e. The zero-order chi connectivity index (χ0) is 19.2. The van der Waals surface area contributed by atoms with Crippen LogP contribution in [-0.2, 0) is 11.4 Å². The van der Waals surface area contributed by atoms with Gasteiger partial charge in [0, 0.05) is 20.5 Å². The van der Waals surface area contributed by atoms with Gasteiger partial charge in [-0.1, -0.05) is 59.6 Å². The fraction of sp³-hybridized carbons (Fsp3) is 0.0952. The number of halogens is 2. The van der Waals surface area contributed by atoms with Gasteiger partial charge in [0.25, 0.3) is 0 Å². The molecular formula is C21H16Cl2O3S. The molecule has 3 aromatic rings. The number of carbonyl (C=O) groups is 1. The van der Waals surface area contributed by atoms with Crippen LogP contribution in [-0.4, -0.2) is 11.1 Å².